The number of nitrogens with one attached hydrogen (secondary N) is 3. The molecule has 1 saturated carbocycles. The van der Waals surface area contributed by atoms with Crippen LogP contribution < -0.4 is 25.4 Å². The normalized spacial score (nSPS) is 17.4. The number of carbonyl (C=O) groups excluding carboxylic acids is 4. The number of nitrogens with zero attached hydrogens (tertiary/aromatic N) is 2. The summed E-state index contributed by atoms with van der Waals surface area (Å²) in [5.41, 5.74) is 2.42. The molecule has 0 bridgehead atoms. The highest BCUT2D eigenvalue weighted by Crippen LogP contribution is 2.41. The van der Waals surface area contributed by atoms with Crippen molar-refractivity contribution in [1.29, 1.82) is 0 Å². The Balaban J connectivity index is 1.00. The van der Waals surface area contributed by atoms with E-state index in [2.05, 4.69) is 20.9 Å². The maximum Gasteiger partial charge on any atom is 0.412 e. The van der Waals surface area contributed by atoms with Crippen LogP contribution >= 0.6 is 23.1 Å². The SMILES string of the molecule is COc1cc(OCCOCCOCCOCCSC(C)(C)[C@H](NC(=O)C2(F)CC2)C(=O)N2C[C@H](O)C[C@@H]2C(=O)NCc2ccc(-c3scnc3C)cc2)ccc1NC(=O)OC(C)(C)C. The number of aliphatic hydroxyl groups excluding tert-OH is 1. The molecule has 3 aromatic rings. The van der Waals surface area contributed by atoms with Crippen molar-refractivity contribution in [2.75, 3.05) is 71.0 Å². The largest absolute Gasteiger partial charge is 0.494 e. The summed E-state index contributed by atoms with van der Waals surface area (Å²) in [4.78, 5) is 59.6. The molecular formula is C45H62FN5O11S2. The topological polar surface area (TPSA) is 196 Å². The van der Waals surface area contributed by atoms with E-state index in [4.69, 9.17) is 28.4 Å². The first-order valence-corrected chi connectivity index (χ1v) is 23.2. The molecule has 1 saturated heterocycles. The molecule has 4 amide bonds. The van der Waals surface area contributed by atoms with E-state index in [0.717, 1.165) is 21.7 Å². The molecule has 1 aliphatic carbocycles. The van der Waals surface area contributed by atoms with Crippen LogP contribution in [-0.2, 0) is 39.9 Å². The molecule has 2 fully saturated rings. The Morgan fingerprint density at radius 3 is 2.23 bits per heavy atom. The maximum atomic E-state index is 14.9. The van der Waals surface area contributed by atoms with E-state index in [1.165, 1.54) is 23.8 Å². The molecule has 19 heteroatoms. The van der Waals surface area contributed by atoms with Crippen LogP contribution in [0, 0.1) is 6.92 Å². The number of methoxy groups -OCH3 is 1. The van der Waals surface area contributed by atoms with E-state index in [-0.39, 0.29) is 39.0 Å². The summed E-state index contributed by atoms with van der Waals surface area (Å²) in [5.74, 6) is -0.451. The van der Waals surface area contributed by atoms with E-state index in [9.17, 15) is 28.7 Å². The van der Waals surface area contributed by atoms with E-state index in [1.54, 1.807) is 69.7 Å². The van der Waals surface area contributed by atoms with Gasteiger partial charge in [-0.05, 0) is 77.6 Å². The van der Waals surface area contributed by atoms with E-state index in [1.807, 2.05) is 31.2 Å². The van der Waals surface area contributed by atoms with Crippen molar-refractivity contribution in [1.82, 2.24) is 20.5 Å². The van der Waals surface area contributed by atoms with Crippen molar-refractivity contribution in [2.24, 2.45) is 0 Å². The monoisotopic (exact) mass is 931 g/mol. The van der Waals surface area contributed by atoms with Gasteiger partial charge in [0.15, 0.2) is 5.67 Å². The molecule has 3 atom stereocenters. The second kappa shape index (κ2) is 23.1. The molecule has 1 aromatic heterocycles. The van der Waals surface area contributed by atoms with Gasteiger partial charge in [-0.1, -0.05) is 24.3 Å². The van der Waals surface area contributed by atoms with Gasteiger partial charge in [0.25, 0.3) is 5.91 Å². The van der Waals surface area contributed by atoms with Gasteiger partial charge in [0.2, 0.25) is 11.8 Å². The van der Waals surface area contributed by atoms with Gasteiger partial charge >= 0.3 is 6.09 Å². The Morgan fingerprint density at radius 2 is 1.62 bits per heavy atom. The molecule has 0 unspecified atom stereocenters. The lowest BCUT2D eigenvalue weighted by atomic mass is 10.00. The third-order valence-electron chi connectivity index (χ3n) is 10.4. The predicted molar refractivity (Wildman–Crippen MR) is 243 cm³/mol. The second-order valence-electron chi connectivity index (χ2n) is 17.1. The van der Waals surface area contributed by atoms with Crippen LogP contribution in [0.1, 0.15) is 65.1 Å². The summed E-state index contributed by atoms with van der Waals surface area (Å²) >= 11 is 2.93. The molecule has 2 aliphatic rings. The molecule has 0 radical (unpaired) electrons. The molecule has 16 nitrogen and oxygen atoms in total. The van der Waals surface area contributed by atoms with Gasteiger partial charge in [-0.15, -0.1) is 11.3 Å². The zero-order valence-corrected chi connectivity index (χ0v) is 39.3. The number of benzene rings is 2. The smallest absolute Gasteiger partial charge is 0.412 e. The fraction of sp³-hybridized carbons (Fsp3) is 0.578. The number of carbonyl (C=O) groups is 4. The van der Waals surface area contributed by atoms with Crippen molar-refractivity contribution in [3.63, 3.8) is 0 Å². The van der Waals surface area contributed by atoms with Crippen molar-refractivity contribution in [2.45, 2.75) is 102 Å². The Bertz CT molecular complexity index is 2030. The fourth-order valence-electron chi connectivity index (χ4n) is 6.75. The Labute approximate surface area is 382 Å². The van der Waals surface area contributed by atoms with E-state index in [0.29, 0.717) is 62.6 Å². The molecule has 5 rings (SSSR count). The average molecular weight is 932 g/mol. The number of alkyl halides is 1. The van der Waals surface area contributed by atoms with Gasteiger partial charge in [-0.2, -0.15) is 11.8 Å². The van der Waals surface area contributed by atoms with Gasteiger partial charge < -0.3 is 49.1 Å². The Hall–Kier alpha value is -4.53. The van der Waals surface area contributed by atoms with Gasteiger partial charge in [-0.3, -0.25) is 19.7 Å². The van der Waals surface area contributed by atoms with Crippen LogP contribution in [0.25, 0.3) is 10.4 Å². The first kappa shape index (κ1) is 50.5. The van der Waals surface area contributed by atoms with Gasteiger partial charge in [0.1, 0.15) is 35.8 Å². The van der Waals surface area contributed by atoms with Crippen LogP contribution in [-0.4, -0.2) is 139 Å². The van der Waals surface area contributed by atoms with Crippen LogP contribution in [0.15, 0.2) is 48.0 Å². The number of ether oxygens (including phenoxy) is 6. The number of thiazole rings is 1. The standard InChI is InChI=1S/C45H62FN5O11S2/c1-29-37(63-28-48-29)31-10-8-30(9-11-31)26-47-39(53)35-24-32(52)27-51(35)40(54)38(50-41(55)45(46)14-15-45)44(5,6)64-23-22-60-19-18-58-16-17-59-20-21-61-33-12-13-34(36(25-33)57-7)49-42(56)62-43(2,3)4/h8-13,25,28,32,35,38,52H,14-24,26-27H2,1-7H3,(H,47,53)(H,49,56)(H,50,55)/t32-,35-,38-/m1/s1. The number of hydrogen-bond acceptors (Lipinski definition) is 14. The van der Waals surface area contributed by atoms with Crippen molar-refractivity contribution in [3.05, 3.63) is 59.2 Å². The number of thioether (sulfide) groups is 1. The zero-order valence-electron chi connectivity index (χ0n) is 37.7. The minimum absolute atomic E-state index is 0.0308. The number of β-amino-alcohol motifs (C(OH)–C–C–N with tert-alkyl or cyclic N) is 1. The summed E-state index contributed by atoms with van der Waals surface area (Å²) in [5, 5.41) is 18.9. The number of halogens is 1. The molecule has 0 spiro atoms. The van der Waals surface area contributed by atoms with Crippen molar-refractivity contribution >= 4 is 52.6 Å². The highest BCUT2D eigenvalue weighted by Gasteiger charge is 2.54. The van der Waals surface area contributed by atoms with Crippen LogP contribution in [0.2, 0.25) is 0 Å². The lowest BCUT2D eigenvalue weighted by molar-refractivity contribution is -0.143. The number of amides is 4. The first-order valence-electron chi connectivity index (χ1n) is 21.3. The molecule has 2 heterocycles. The number of hydrogen-bond donors (Lipinski definition) is 4. The highest BCUT2D eigenvalue weighted by molar-refractivity contribution is 8.00. The zero-order chi connectivity index (χ0) is 46.5. The van der Waals surface area contributed by atoms with Gasteiger partial charge in [0.05, 0.1) is 74.6 Å². The molecule has 64 heavy (non-hydrogen) atoms. The van der Waals surface area contributed by atoms with Crippen molar-refractivity contribution in [3.8, 4) is 21.9 Å². The lowest BCUT2D eigenvalue weighted by Crippen LogP contribution is -2.61. The molecule has 352 valence electrons. The molecule has 2 aromatic carbocycles. The predicted octanol–water partition coefficient (Wildman–Crippen LogP) is 5.68. The summed E-state index contributed by atoms with van der Waals surface area (Å²) in [6, 6.07) is 10.6. The van der Waals surface area contributed by atoms with E-state index < -0.39 is 58.0 Å². The quantitative estimate of drug-likeness (QED) is 0.0803. The number of aryl methyl sites for hydroxylation is 1. The third kappa shape index (κ3) is 15.0. The summed E-state index contributed by atoms with van der Waals surface area (Å²) in [6.45, 7) is 13.2. The maximum absolute atomic E-state index is 14.9. The third-order valence-corrected chi connectivity index (χ3v) is 12.7. The van der Waals surface area contributed by atoms with Crippen LogP contribution in [0.4, 0.5) is 14.9 Å². The number of rotatable bonds is 24. The molecule has 1 aliphatic heterocycles. The minimum atomic E-state index is -2.02. The summed E-state index contributed by atoms with van der Waals surface area (Å²) < 4.78 is 47.4. The van der Waals surface area contributed by atoms with Crippen molar-refractivity contribution < 1.29 is 57.1 Å². The van der Waals surface area contributed by atoms with Gasteiger partial charge in [0, 0.05) is 36.1 Å². The number of likely N-dealkylation sites (tertiary alicyclic amines) is 1. The van der Waals surface area contributed by atoms with Crippen LogP contribution in [0.3, 0.4) is 0 Å². The fourth-order valence-corrected chi connectivity index (χ4v) is 8.61. The first-order chi connectivity index (χ1) is 30.4. The highest BCUT2D eigenvalue weighted by atomic mass is 32.2. The summed E-state index contributed by atoms with van der Waals surface area (Å²) in [6.07, 6.45) is -1.36. The number of aromatic nitrogens is 1. The molecule has 4 N–H and O–H groups in total. The number of aliphatic hydroxyl groups is 1. The average Bonchev–Trinajstić information content (AvgIpc) is 3.65. The lowest BCUT2D eigenvalue weighted by Gasteiger charge is -2.37. The Kier molecular flexibility index (Phi) is 18.2. The summed E-state index contributed by atoms with van der Waals surface area (Å²) in [7, 11) is 1.49. The van der Waals surface area contributed by atoms with Crippen LogP contribution in [0.5, 0.6) is 11.5 Å². The number of anilines is 1. The van der Waals surface area contributed by atoms with E-state index >= 15 is 0 Å². The van der Waals surface area contributed by atoms with Gasteiger partial charge in [-0.25, -0.2) is 14.2 Å². The molecular weight excluding hydrogens is 870 g/mol. The second-order valence-corrected chi connectivity index (χ2v) is 19.7. The Morgan fingerprint density at radius 1 is 0.969 bits per heavy atom. The minimum Gasteiger partial charge on any atom is -0.494 e.